The molecule has 0 saturated heterocycles. The number of nitrogens with two attached hydrogens (primary N) is 1. The molecule has 17 heavy (non-hydrogen) atoms. The highest BCUT2D eigenvalue weighted by atomic mass is 35.5. The van der Waals surface area contributed by atoms with Crippen molar-refractivity contribution in [3.05, 3.63) is 35.9 Å². The van der Waals surface area contributed by atoms with Gasteiger partial charge in [0.1, 0.15) is 0 Å². The molecule has 96 valence electrons. The Morgan fingerprint density at radius 1 is 1.06 bits per heavy atom. The maximum atomic E-state index is 11.6. The normalized spacial score (nSPS) is 9.47. The van der Waals surface area contributed by atoms with Gasteiger partial charge in [-0.05, 0) is 31.5 Å². The lowest BCUT2D eigenvalue weighted by Gasteiger charge is -2.04. The van der Waals surface area contributed by atoms with Gasteiger partial charge in [-0.15, -0.1) is 12.4 Å². The van der Waals surface area contributed by atoms with Crippen LogP contribution < -0.4 is 11.1 Å². The van der Waals surface area contributed by atoms with Crippen LogP contribution >= 0.6 is 12.4 Å². The monoisotopic (exact) mass is 256 g/mol. The van der Waals surface area contributed by atoms with E-state index in [-0.39, 0.29) is 18.3 Å². The first kappa shape index (κ1) is 15.9. The summed E-state index contributed by atoms with van der Waals surface area (Å²) in [6.07, 6.45) is 4.38. The zero-order valence-electron chi connectivity index (χ0n) is 10.0. The molecule has 0 saturated carbocycles. The second-order valence-electron chi connectivity index (χ2n) is 3.82. The van der Waals surface area contributed by atoms with Gasteiger partial charge in [-0.25, -0.2) is 0 Å². The van der Waals surface area contributed by atoms with E-state index in [1.54, 1.807) is 0 Å². The van der Waals surface area contributed by atoms with E-state index in [0.717, 1.165) is 44.3 Å². The summed E-state index contributed by atoms with van der Waals surface area (Å²) in [5.41, 5.74) is 6.12. The lowest BCUT2D eigenvalue weighted by atomic mass is 10.2. The maximum Gasteiger partial charge on any atom is 0.251 e. The SMILES string of the molecule is Cl.NCCCCCCNC(=O)c1ccccc1. The molecule has 0 fully saturated rings. The zero-order valence-corrected chi connectivity index (χ0v) is 10.8. The Morgan fingerprint density at radius 3 is 2.35 bits per heavy atom. The van der Waals surface area contributed by atoms with Crippen molar-refractivity contribution < 1.29 is 4.79 Å². The second kappa shape index (κ2) is 10.1. The molecule has 1 aromatic carbocycles. The molecule has 4 heteroatoms. The Balaban J connectivity index is 0.00000256. The lowest BCUT2D eigenvalue weighted by Crippen LogP contribution is -2.24. The smallest absolute Gasteiger partial charge is 0.251 e. The Hall–Kier alpha value is -1.06. The number of rotatable bonds is 7. The van der Waals surface area contributed by atoms with Crippen LogP contribution in [0.2, 0.25) is 0 Å². The van der Waals surface area contributed by atoms with E-state index in [1.807, 2.05) is 30.3 Å². The minimum atomic E-state index is 0. The average Bonchev–Trinajstić information content (AvgIpc) is 2.34. The summed E-state index contributed by atoms with van der Waals surface area (Å²) in [7, 11) is 0. The molecule has 0 heterocycles. The summed E-state index contributed by atoms with van der Waals surface area (Å²) in [6, 6.07) is 9.30. The van der Waals surface area contributed by atoms with Crippen LogP contribution in [0.4, 0.5) is 0 Å². The number of nitrogens with one attached hydrogen (secondary N) is 1. The largest absolute Gasteiger partial charge is 0.352 e. The van der Waals surface area contributed by atoms with E-state index in [1.165, 1.54) is 0 Å². The van der Waals surface area contributed by atoms with Crippen LogP contribution in [0.15, 0.2) is 30.3 Å². The zero-order chi connectivity index (χ0) is 11.6. The van der Waals surface area contributed by atoms with Crippen molar-refractivity contribution in [2.75, 3.05) is 13.1 Å². The molecular weight excluding hydrogens is 236 g/mol. The third-order valence-corrected chi connectivity index (χ3v) is 2.45. The number of unbranched alkanes of at least 4 members (excludes halogenated alkanes) is 3. The number of carbonyl (C=O) groups excluding carboxylic acids is 1. The van der Waals surface area contributed by atoms with Gasteiger partial charge in [0.2, 0.25) is 0 Å². The van der Waals surface area contributed by atoms with Crippen LogP contribution in [-0.4, -0.2) is 19.0 Å². The summed E-state index contributed by atoms with van der Waals surface area (Å²) < 4.78 is 0. The first-order valence-electron chi connectivity index (χ1n) is 5.88. The molecule has 0 aliphatic rings. The van der Waals surface area contributed by atoms with Crippen LogP contribution in [0, 0.1) is 0 Å². The fourth-order valence-corrected chi connectivity index (χ4v) is 1.52. The van der Waals surface area contributed by atoms with Gasteiger partial charge in [-0.2, -0.15) is 0 Å². The van der Waals surface area contributed by atoms with Gasteiger partial charge in [0.25, 0.3) is 5.91 Å². The van der Waals surface area contributed by atoms with Gasteiger partial charge in [-0.3, -0.25) is 4.79 Å². The number of halogens is 1. The van der Waals surface area contributed by atoms with Crippen molar-refractivity contribution in [1.29, 1.82) is 0 Å². The fourth-order valence-electron chi connectivity index (χ4n) is 1.52. The minimum absolute atomic E-state index is 0. The summed E-state index contributed by atoms with van der Waals surface area (Å²) in [6.45, 7) is 1.51. The first-order valence-corrected chi connectivity index (χ1v) is 5.88. The number of amides is 1. The predicted octanol–water partition coefficient (Wildman–Crippen LogP) is 2.36. The summed E-state index contributed by atoms with van der Waals surface area (Å²) in [4.78, 5) is 11.6. The van der Waals surface area contributed by atoms with Gasteiger partial charge in [-0.1, -0.05) is 31.0 Å². The topological polar surface area (TPSA) is 55.1 Å². The third-order valence-electron chi connectivity index (χ3n) is 2.45. The molecule has 0 radical (unpaired) electrons. The first-order chi connectivity index (χ1) is 7.84. The van der Waals surface area contributed by atoms with Crippen LogP contribution in [-0.2, 0) is 0 Å². The standard InChI is InChI=1S/C13H20N2O.ClH/c14-10-6-1-2-7-11-15-13(16)12-8-4-3-5-9-12;/h3-5,8-9H,1-2,6-7,10-11,14H2,(H,15,16);1H. The highest BCUT2D eigenvalue weighted by molar-refractivity contribution is 5.94. The second-order valence-corrected chi connectivity index (χ2v) is 3.82. The number of benzene rings is 1. The van der Waals surface area contributed by atoms with Crippen molar-refractivity contribution in [3.8, 4) is 0 Å². The molecule has 0 unspecified atom stereocenters. The molecule has 3 nitrogen and oxygen atoms in total. The average molecular weight is 257 g/mol. The molecule has 1 rings (SSSR count). The Morgan fingerprint density at radius 2 is 1.71 bits per heavy atom. The number of hydrogen-bond donors (Lipinski definition) is 2. The Kier molecular flexibility index (Phi) is 9.49. The maximum absolute atomic E-state index is 11.6. The van der Waals surface area contributed by atoms with Crippen LogP contribution in [0.3, 0.4) is 0 Å². The van der Waals surface area contributed by atoms with E-state index in [2.05, 4.69) is 5.32 Å². The molecule has 0 bridgehead atoms. The molecule has 0 aliphatic heterocycles. The van der Waals surface area contributed by atoms with Crippen molar-refractivity contribution in [2.24, 2.45) is 5.73 Å². The fraction of sp³-hybridized carbons (Fsp3) is 0.462. The van der Waals surface area contributed by atoms with Gasteiger partial charge in [0, 0.05) is 12.1 Å². The van der Waals surface area contributed by atoms with Gasteiger partial charge in [0.05, 0.1) is 0 Å². The summed E-state index contributed by atoms with van der Waals surface area (Å²) in [5, 5.41) is 2.91. The van der Waals surface area contributed by atoms with Crippen molar-refractivity contribution >= 4 is 18.3 Å². The number of carbonyl (C=O) groups is 1. The van der Waals surface area contributed by atoms with Crippen LogP contribution in [0.25, 0.3) is 0 Å². The quantitative estimate of drug-likeness (QED) is 0.736. The van der Waals surface area contributed by atoms with Crippen molar-refractivity contribution in [1.82, 2.24) is 5.32 Å². The molecule has 0 aliphatic carbocycles. The highest BCUT2D eigenvalue weighted by Crippen LogP contribution is 2.00. The van der Waals surface area contributed by atoms with Crippen molar-refractivity contribution in [3.63, 3.8) is 0 Å². The third kappa shape index (κ3) is 6.97. The Labute approximate surface area is 109 Å². The van der Waals surface area contributed by atoms with E-state index < -0.39 is 0 Å². The molecule has 1 amide bonds. The van der Waals surface area contributed by atoms with E-state index >= 15 is 0 Å². The van der Waals surface area contributed by atoms with E-state index in [9.17, 15) is 4.79 Å². The lowest BCUT2D eigenvalue weighted by molar-refractivity contribution is 0.0953. The molecule has 0 atom stereocenters. The molecule has 1 aromatic rings. The summed E-state index contributed by atoms with van der Waals surface area (Å²) >= 11 is 0. The number of hydrogen-bond acceptors (Lipinski definition) is 2. The minimum Gasteiger partial charge on any atom is -0.352 e. The summed E-state index contributed by atoms with van der Waals surface area (Å²) in [5.74, 6) is 0.0134. The van der Waals surface area contributed by atoms with Crippen molar-refractivity contribution in [2.45, 2.75) is 25.7 Å². The van der Waals surface area contributed by atoms with Crippen LogP contribution in [0.5, 0.6) is 0 Å². The molecular formula is C13H21ClN2O. The van der Waals surface area contributed by atoms with Gasteiger partial charge < -0.3 is 11.1 Å². The van der Waals surface area contributed by atoms with Gasteiger partial charge >= 0.3 is 0 Å². The van der Waals surface area contributed by atoms with Crippen LogP contribution in [0.1, 0.15) is 36.0 Å². The highest BCUT2D eigenvalue weighted by Gasteiger charge is 2.02. The molecule has 0 aromatic heterocycles. The van der Waals surface area contributed by atoms with Gasteiger partial charge in [0.15, 0.2) is 0 Å². The molecule has 0 spiro atoms. The molecule has 3 N–H and O–H groups in total. The van der Waals surface area contributed by atoms with E-state index in [0.29, 0.717) is 0 Å². The predicted molar refractivity (Wildman–Crippen MR) is 73.5 cm³/mol. The Bertz CT molecular complexity index is 304. The van der Waals surface area contributed by atoms with E-state index in [4.69, 9.17) is 5.73 Å².